The van der Waals surface area contributed by atoms with Gasteiger partial charge in [-0.15, -0.1) is 0 Å². The lowest BCUT2D eigenvalue weighted by Gasteiger charge is -2.06. The number of hydrogen-bond acceptors (Lipinski definition) is 1. The summed E-state index contributed by atoms with van der Waals surface area (Å²) in [5.41, 5.74) is 1.56. The van der Waals surface area contributed by atoms with Gasteiger partial charge < -0.3 is 4.98 Å². The summed E-state index contributed by atoms with van der Waals surface area (Å²) in [6.07, 6.45) is 0. The fraction of sp³-hybridized carbons (Fsp3) is 0. The standard InChI is InChI=1S/C13H7ClF2N2S/c14-7-1-3-10-12(5-7)18(13(19)17-10)11-4-2-8(15)6-9(11)16/h1-6H,(H,17,19). The van der Waals surface area contributed by atoms with Crippen molar-refractivity contribution in [3.8, 4) is 5.69 Å². The fourth-order valence-corrected chi connectivity index (χ4v) is 2.45. The number of H-pyrrole nitrogens is 1. The predicted octanol–water partition coefficient (Wildman–Crippen LogP) is 4.62. The maximum absolute atomic E-state index is 13.9. The van der Waals surface area contributed by atoms with E-state index in [1.807, 2.05) is 0 Å². The number of aromatic nitrogens is 2. The van der Waals surface area contributed by atoms with Crippen molar-refractivity contribution >= 4 is 34.9 Å². The molecule has 3 aromatic rings. The average molecular weight is 297 g/mol. The molecule has 2 nitrogen and oxygen atoms in total. The number of benzene rings is 2. The van der Waals surface area contributed by atoms with Crippen LogP contribution < -0.4 is 0 Å². The van der Waals surface area contributed by atoms with E-state index in [1.54, 1.807) is 18.2 Å². The van der Waals surface area contributed by atoms with E-state index in [0.717, 1.165) is 11.6 Å². The minimum atomic E-state index is -0.683. The summed E-state index contributed by atoms with van der Waals surface area (Å²) in [4.78, 5) is 2.95. The van der Waals surface area contributed by atoms with Crippen molar-refractivity contribution in [2.45, 2.75) is 0 Å². The summed E-state index contributed by atoms with van der Waals surface area (Å²) in [5, 5.41) is 0.512. The van der Waals surface area contributed by atoms with E-state index in [1.165, 1.54) is 16.7 Å². The highest BCUT2D eigenvalue weighted by molar-refractivity contribution is 7.71. The van der Waals surface area contributed by atoms with Gasteiger partial charge in [0.15, 0.2) is 4.77 Å². The molecule has 0 aliphatic carbocycles. The molecule has 0 aliphatic rings. The van der Waals surface area contributed by atoms with Crippen LogP contribution in [0.5, 0.6) is 0 Å². The number of nitrogens with zero attached hydrogens (tertiary/aromatic N) is 1. The predicted molar refractivity (Wildman–Crippen MR) is 73.4 cm³/mol. The van der Waals surface area contributed by atoms with Gasteiger partial charge in [0.2, 0.25) is 0 Å². The van der Waals surface area contributed by atoms with Crippen LogP contribution in [0.2, 0.25) is 5.02 Å². The van der Waals surface area contributed by atoms with Gasteiger partial charge in [-0.25, -0.2) is 8.78 Å². The van der Waals surface area contributed by atoms with E-state index in [4.69, 9.17) is 23.8 Å². The molecule has 0 fully saturated rings. The molecule has 3 rings (SSSR count). The van der Waals surface area contributed by atoms with E-state index in [2.05, 4.69) is 4.98 Å². The first-order chi connectivity index (χ1) is 9.06. The van der Waals surface area contributed by atoms with Crippen molar-refractivity contribution in [1.82, 2.24) is 9.55 Å². The smallest absolute Gasteiger partial charge is 0.182 e. The highest BCUT2D eigenvalue weighted by Gasteiger charge is 2.11. The molecule has 96 valence electrons. The van der Waals surface area contributed by atoms with E-state index >= 15 is 0 Å². The van der Waals surface area contributed by atoms with Crippen LogP contribution in [0.15, 0.2) is 36.4 Å². The van der Waals surface area contributed by atoms with Crippen LogP contribution in [0.4, 0.5) is 8.78 Å². The van der Waals surface area contributed by atoms with Crippen molar-refractivity contribution in [3.05, 3.63) is 57.8 Å². The zero-order valence-electron chi connectivity index (χ0n) is 9.45. The van der Waals surface area contributed by atoms with Gasteiger partial charge in [0, 0.05) is 11.1 Å². The molecule has 0 bridgehead atoms. The average Bonchev–Trinajstić information content (AvgIpc) is 2.65. The number of aromatic amines is 1. The number of rotatable bonds is 1. The molecule has 0 spiro atoms. The van der Waals surface area contributed by atoms with Gasteiger partial charge in [0.25, 0.3) is 0 Å². The number of fused-ring (bicyclic) bond motifs is 1. The lowest BCUT2D eigenvalue weighted by molar-refractivity contribution is 0.578. The van der Waals surface area contributed by atoms with Crippen molar-refractivity contribution in [1.29, 1.82) is 0 Å². The SMILES string of the molecule is Fc1ccc(-n2c(=S)[nH]c3ccc(Cl)cc32)c(F)c1. The molecule has 1 heterocycles. The Labute approximate surface area is 117 Å². The van der Waals surface area contributed by atoms with Crippen molar-refractivity contribution in [3.63, 3.8) is 0 Å². The van der Waals surface area contributed by atoms with E-state index < -0.39 is 11.6 Å². The summed E-state index contributed by atoms with van der Waals surface area (Å²) in [5.74, 6) is -1.32. The zero-order valence-corrected chi connectivity index (χ0v) is 11.0. The van der Waals surface area contributed by atoms with Crippen LogP contribution in [0.25, 0.3) is 16.7 Å². The monoisotopic (exact) mass is 296 g/mol. The quantitative estimate of drug-likeness (QED) is 0.650. The topological polar surface area (TPSA) is 20.7 Å². The largest absolute Gasteiger partial charge is 0.330 e. The second-order valence-corrected chi connectivity index (χ2v) is 4.85. The Morgan fingerprint density at radius 2 is 1.89 bits per heavy atom. The van der Waals surface area contributed by atoms with Gasteiger partial charge in [-0.2, -0.15) is 0 Å². The molecule has 0 saturated carbocycles. The maximum atomic E-state index is 13.9. The lowest BCUT2D eigenvalue weighted by atomic mass is 10.2. The first-order valence-electron chi connectivity index (χ1n) is 5.42. The Hall–Kier alpha value is -1.72. The van der Waals surface area contributed by atoms with Crippen LogP contribution >= 0.6 is 23.8 Å². The van der Waals surface area contributed by atoms with Crippen LogP contribution in [0.1, 0.15) is 0 Å². The molecule has 0 unspecified atom stereocenters. The Morgan fingerprint density at radius 3 is 2.63 bits per heavy atom. The summed E-state index contributed by atoms with van der Waals surface area (Å²) in [6.45, 7) is 0. The van der Waals surface area contributed by atoms with Crippen LogP contribution in [-0.2, 0) is 0 Å². The molecule has 0 amide bonds. The molecule has 19 heavy (non-hydrogen) atoms. The number of nitrogens with one attached hydrogen (secondary N) is 1. The van der Waals surface area contributed by atoms with Gasteiger partial charge >= 0.3 is 0 Å². The first-order valence-corrected chi connectivity index (χ1v) is 6.20. The van der Waals surface area contributed by atoms with Crippen LogP contribution in [0.3, 0.4) is 0 Å². The minimum absolute atomic E-state index is 0.180. The zero-order chi connectivity index (χ0) is 13.6. The molecule has 1 N–H and O–H groups in total. The summed E-state index contributed by atoms with van der Waals surface area (Å²) >= 11 is 11.1. The molecular formula is C13H7ClF2N2S. The fourth-order valence-electron chi connectivity index (χ4n) is 1.98. The minimum Gasteiger partial charge on any atom is -0.330 e. The lowest BCUT2D eigenvalue weighted by Crippen LogP contribution is -1.98. The molecule has 0 radical (unpaired) electrons. The molecule has 0 aliphatic heterocycles. The molecule has 0 saturated heterocycles. The second kappa shape index (κ2) is 4.43. The van der Waals surface area contributed by atoms with Crippen LogP contribution in [0, 0.1) is 16.4 Å². The normalized spacial score (nSPS) is 11.1. The summed E-state index contributed by atoms with van der Waals surface area (Å²) in [7, 11) is 0. The highest BCUT2D eigenvalue weighted by atomic mass is 35.5. The maximum Gasteiger partial charge on any atom is 0.182 e. The third kappa shape index (κ3) is 2.05. The van der Waals surface area contributed by atoms with Gasteiger partial charge in [-0.05, 0) is 42.5 Å². The van der Waals surface area contributed by atoms with Crippen molar-refractivity contribution in [2.24, 2.45) is 0 Å². The van der Waals surface area contributed by atoms with Crippen molar-refractivity contribution < 1.29 is 8.78 Å². The Morgan fingerprint density at radius 1 is 1.11 bits per heavy atom. The van der Waals surface area contributed by atoms with E-state index in [-0.39, 0.29) is 5.69 Å². The van der Waals surface area contributed by atoms with Gasteiger partial charge in [0.1, 0.15) is 11.6 Å². The Bertz CT molecular complexity index is 838. The van der Waals surface area contributed by atoms with Gasteiger partial charge in [0.05, 0.1) is 16.7 Å². The number of hydrogen-bond donors (Lipinski definition) is 1. The van der Waals surface area contributed by atoms with E-state index in [9.17, 15) is 8.78 Å². The van der Waals surface area contributed by atoms with Gasteiger partial charge in [-0.3, -0.25) is 4.57 Å². The van der Waals surface area contributed by atoms with Gasteiger partial charge in [-0.1, -0.05) is 11.6 Å². The summed E-state index contributed by atoms with van der Waals surface area (Å²) in [6, 6.07) is 8.48. The molecule has 6 heteroatoms. The van der Waals surface area contributed by atoms with Crippen molar-refractivity contribution in [2.75, 3.05) is 0 Å². The Balaban J connectivity index is 2.38. The number of halogens is 3. The van der Waals surface area contributed by atoms with Crippen LogP contribution in [-0.4, -0.2) is 9.55 Å². The third-order valence-electron chi connectivity index (χ3n) is 2.80. The van der Waals surface area contributed by atoms with E-state index in [0.29, 0.717) is 15.3 Å². The summed E-state index contributed by atoms with van der Waals surface area (Å²) < 4.78 is 28.6. The third-order valence-corrected chi connectivity index (χ3v) is 3.32. The molecular weight excluding hydrogens is 290 g/mol. The Kier molecular flexibility index (Phi) is 2.88. The second-order valence-electron chi connectivity index (χ2n) is 4.02. The first kappa shape index (κ1) is 12.3. The number of imidazole rings is 1. The molecule has 2 aromatic carbocycles. The molecule has 1 aromatic heterocycles. The molecule has 0 atom stereocenters. The highest BCUT2D eigenvalue weighted by Crippen LogP contribution is 2.24.